The number of hydrogen-bond acceptors (Lipinski definition) is 7. The lowest BCUT2D eigenvalue weighted by atomic mass is 10.1. The summed E-state index contributed by atoms with van der Waals surface area (Å²) in [5, 5.41) is 11.5. The molecule has 9 nitrogen and oxygen atoms in total. The lowest BCUT2D eigenvalue weighted by molar-refractivity contribution is -0.163. The second-order valence-corrected chi connectivity index (χ2v) is 7.98. The van der Waals surface area contributed by atoms with Crippen LogP contribution in [0.1, 0.15) is 42.6 Å². The van der Waals surface area contributed by atoms with E-state index in [4.69, 9.17) is 25.0 Å². The smallest absolute Gasteiger partial charge is 0.397 e. The molecule has 9 heteroatoms. The lowest BCUT2D eigenvalue weighted by Gasteiger charge is -2.18. The van der Waals surface area contributed by atoms with E-state index in [2.05, 4.69) is 5.32 Å². The normalized spacial score (nSPS) is 11.1. The van der Waals surface area contributed by atoms with Crippen LogP contribution in [0.25, 0.3) is 10.8 Å². The molecular weight excluding hydrogens is 414 g/mol. The van der Waals surface area contributed by atoms with Crippen molar-refractivity contribution in [1.29, 1.82) is 5.41 Å². The fraction of sp³-hybridized carbons (Fsp3) is 0.217. The van der Waals surface area contributed by atoms with Gasteiger partial charge in [0.2, 0.25) is 5.76 Å². The van der Waals surface area contributed by atoms with Crippen molar-refractivity contribution >= 4 is 34.5 Å². The summed E-state index contributed by atoms with van der Waals surface area (Å²) in [6, 6.07) is 13.2. The minimum atomic E-state index is -1.00. The van der Waals surface area contributed by atoms with Crippen LogP contribution in [-0.2, 0) is 20.9 Å². The fourth-order valence-corrected chi connectivity index (χ4v) is 2.76. The largest absolute Gasteiger partial charge is 0.453 e. The number of furan rings is 1. The summed E-state index contributed by atoms with van der Waals surface area (Å²) >= 11 is 0. The third kappa shape index (κ3) is 5.72. The zero-order chi connectivity index (χ0) is 23.5. The first kappa shape index (κ1) is 22.5. The summed E-state index contributed by atoms with van der Waals surface area (Å²) < 4.78 is 15.7. The standard InChI is InChI=1S/C23H23N3O6/c1-23(2,3)32-22(29)20(27)26-12-17-8-9-18(30-17)21(28)31-16-7-6-13-10-15(19(24)25)5-4-14(13)11-16/h4-11H,12H2,1-3H3,(H3,24,25)(H,26,27). The number of rotatable bonds is 5. The molecule has 0 aliphatic carbocycles. The quantitative estimate of drug-likeness (QED) is 0.183. The van der Waals surface area contributed by atoms with E-state index in [-0.39, 0.29) is 23.9 Å². The first-order valence-electron chi connectivity index (χ1n) is 9.72. The molecule has 166 valence electrons. The Morgan fingerprint density at radius 1 is 1.03 bits per heavy atom. The molecule has 1 heterocycles. The van der Waals surface area contributed by atoms with Crippen LogP contribution >= 0.6 is 0 Å². The maximum atomic E-state index is 12.4. The van der Waals surface area contributed by atoms with Gasteiger partial charge in [-0.15, -0.1) is 0 Å². The third-order valence-electron chi connectivity index (χ3n) is 4.20. The Labute approximate surface area is 184 Å². The first-order valence-corrected chi connectivity index (χ1v) is 9.72. The van der Waals surface area contributed by atoms with E-state index >= 15 is 0 Å². The van der Waals surface area contributed by atoms with Crippen LogP contribution in [0.2, 0.25) is 0 Å². The van der Waals surface area contributed by atoms with Gasteiger partial charge in [0.05, 0.1) is 6.54 Å². The Kier molecular flexibility index (Phi) is 6.29. The van der Waals surface area contributed by atoms with Gasteiger partial charge in [-0.05, 0) is 61.9 Å². The minimum absolute atomic E-state index is 0.0293. The Morgan fingerprint density at radius 2 is 1.72 bits per heavy atom. The van der Waals surface area contributed by atoms with Crippen LogP contribution in [0.5, 0.6) is 5.75 Å². The zero-order valence-corrected chi connectivity index (χ0v) is 17.9. The average Bonchev–Trinajstić information content (AvgIpc) is 3.19. The number of nitrogens with two attached hydrogens (primary N) is 1. The Hall–Kier alpha value is -4.14. The Morgan fingerprint density at radius 3 is 2.41 bits per heavy atom. The molecule has 4 N–H and O–H groups in total. The topological polar surface area (TPSA) is 145 Å². The highest BCUT2D eigenvalue weighted by atomic mass is 16.6. The summed E-state index contributed by atoms with van der Waals surface area (Å²) in [6.45, 7) is 4.87. The van der Waals surface area contributed by atoms with E-state index in [1.807, 2.05) is 0 Å². The summed E-state index contributed by atoms with van der Waals surface area (Å²) in [5.41, 5.74) is 5.32. The van der Waals surface area contributed by atoms with Gasteiger partial charge in [0.15, 0.2) is 0 Å². The second-order valence-electron chi connectivity index (χ2n) is 7.98. The third-order valence-corrected chi connectivity index (χ3v) is 4.20. The van der Waals surface area contributed by atoms with Crippen LogP contribution in [0.3, 0.4) is 0 Å². The second kappa shape index (κ2) is 8.93. The van der Waals surface area contributed by atoms with E-state index < -0.39 is 23.4 Å². The Balaban J connectivity index is 1.61. The number of amidine groups is 1. The molecule has 0 atom stereocenters. The predicted octanol–water partition coefficient (Wildman–Crippen LogP) is 2.89. The van der Waals surface area contributed by atoms with Gasteiger partial charge in [-0.1, -0.05) is 18.2 Å². The van der Waals surface area contributed by atoms with E-state index in [1.54, 1.807) is 57.2 Å². The maximum Gasteiger partial charge on any atom is 0.397 e. The van der Waals surface area contributed by atoms with Crippen molar-refractivity contribution in [2.45, 2.75) is 32.9 Å². The molecule has 1 amide bonds. The Bertz CT molecular complexity index is 1210. The average molecular weight is 437 g/mol. The molecule has 0 fully saturated rings. The highest BCUT2D eigenvalue weighted by Crippen LogP contribution is 2.23. The van der Waals surface area contributed by atoms with Crippen molar-refractivity contribution in [3.8, 4) is 5.75 Å². The van der Waals surface area contributed by atoms with E-state index in [1.165, 1.54) is 12.1 Å². The van der Waals surface area contributed by atoms with Crippen molar-refractivity contribution in [2.24, 2.45) is 5.73 Å². The van der Waals surface area contributed by atoms with Gasteiger partial charge in [0.1, 0.15) is 22.9 Å². The zero-order valence-electron chi connectivity index (χ0n) is 17.9. The van der Waals surface area contributed by atoms with Crippen LogP contribution in [0.4, 0.5) is 0 Å². The van der Waals surface area contributed by atoms with E-state index in [9.17, 15) is 14.4 Å². The van der Waals surface area contributed by atoms with Crippen LogP contribution in [0.15, 0.2) is 52.9 Å². The molecule has 0 aliphatic heterocycles. The molecule has 0 saturated carbocycles. The van der Waals surface area contributed by atoms with Gasteiger partial charge in [-0.3, -0.25) is 10.2 Å². The highest BCUT2D eigenvalue weighted by molar-refractivity contribution is 6.32. The SMILES string of the molecule is CC(C)(C)OC(=O)C(=O)NCc1ccc(C(=O)Oc2ccc3cc(C(=N)N)ccc3c2)o1. The summed E-state index contributed by atoms with van der Waals surface area (Å²) in [5.74, 6) is -2.13. The summed E-state index contributed by atoms with van der Waals surface area (Å²) in [6.07, 6.45) is 0. The monoisotopic (exact) mass is 437 g/mol. The van der Waals surface area contributed by atoms with Gasteiger partial charge < -0.3 is 24.9 Å². The molecule has 0 unspecified atom stereocenters. The molecule has 2 aromatic carbocycles. The van der Waals surface area contributed by atoms with Gasteiger partial charge in [-0.25, -0.2) is 9.59 Å². The van der Waals surface area contributed by atoms with Crippen LogP contribution < -0.4 is 15.8 Å². The molecule has 0 radical (unpaired) electrons. The number of ether oxygens (including phenoxy) is 2. The predicted molar refractivity (Wildman–Crippen MR) is 116 cm³/mol. The van der Waals surface area contributed by atoms with Gasteiger partial charge >= 0.3 is 17.8 Å². The van der Waals surface area contributed by atoms with E-state index in [0.29, 0.717) is 11.3 Å². The molecule has 0 bridgehead atoms. The van der Waals surface area contributed by atoms with Crippen molar-refractivity contribution in [3.05, 3.63) is 65.6 Å². The summed E-state index contributed by atoms with van der Waals surface area (Å²) in [7, 11) is 0. The first-order chi connectivity index (χ1) is 15.0. The van der Waals surface area contributed by atoms with E-state index in [0.717, 1.165) is 10.8 Å². The molecule has 0 saturated heterocycles. The van der Waals surface area contributed by atoms with Crippen molar-refractivity contribution < 1.29 is 28.3 Å². The molecular formula is C23H23N3O6. The molecule has 0 spiro atoms. The lowest BCUT2D eigenvalue weighted by Crippen LogP contribution is -2.36. The molecule has 1 aromatic heterocycles. The van der Waals surface area contributed by atoms with Gasteiger partial charge in [-0.2, -0.15) is 0 Å². The fourth-order valence-electron chi connectivity index (χ4n) is 2.76. The number of carbonyl (C=O) groups is 3. The van der Waals surface area contributed by atoms with Crippen LogP contribution in [-0.4, -0.2) is 29.3 Å². The number of esters is 2. The van der Waals surface area contributed by atoms with Crippen molar-refractivity contribution in [2.75, 3.05) is 0 Å². The number of amides is 1. The highest BCUT2D eigenvalue weighted by Gasteiger charge is 2.23. The summed E-state index contributed by atoms with van der Waals surface area (Å²) in [4.78, 5) is 35.9. The minimum Gasteiger partial charge on any atom is -0.453 e. The van der Waals surface area contributed by atoms with Gasteiger partial charge in [0, 0.05) is 5.56 Å². The van der Waals surface area contributed by atoms with Gasteiger partial charge in [0.25, 0.3) is 0 Å². The molecule has 3 rings (SSSR count). The number of nitrogen functional groups attached to an aromatic ring is 1. The number of benzene rings is 2. The van der Waals surface area contributed by atoms with Crippen molar-refractivity contribution in [1.82, 2.24) is 5.32 Å². The molecule has 32 heavy (non-hydrogen) atoms. The number of carbonyl (C=O) groups excluding carboxylic acids is 3. The molecule has 3 aromatic rings. The number of fused-ring (bicyclic) bond motifs is 1. The molecule has 0 aliphatic rings. The number of nitrogens with one attached hydrogen (secondary N) is 2. The van der Waals surface area contributed by atoms with Crippen molar-refractivity contribution in [3.63, 3.8) is 0 Å². The van der Waals surface area contributed by atoms with Crippen LogP contribution in [0, 0.1) is 5.41 Å². The number of hydrogen-bond donors (Lipinski definition) is 3. The maximum absolute atomic E-state index is 12.4.